The van der Waals surface area contributed by atoms with E-state index in [0.717, 1.165) is 6.54 Å². The summed E-state index contributed by atoms with van der Waals surface area (Å²) in [6.07, 6.45) is 3.81. The molecule has 0 radical (unpaired) electrons. The Morgan fingerprint density at radius 1 is 1.19 bits per heavy atom. The summed E-state index contributed by atoms with van der Waals surface area (Å²) in [7, 11) is 0. The van der Waals surface area contributed by atoms with Gasteiger partial charge in [0.15, 0.2) is 0 Å². The Kier molecular flexibility index (Phi) is 5.54. The highest BCUT2D eigenvalue weighted by Crippen LogP contribution is 2.24. The highest BCUT2D eigenvalue weighted by atomic mass is 14.9. The Morgan fingerprint density at radius 3 is 2.56 bits per heavy atom. The Bertz CT molecular complexity index is 317. The van der Waals surface area contributed by atoms with Crippen molar-refractivity contribution in [3.8, 4) is 0 Å². The molecule has 1 unspecified atom stereocenters. The standard InChI is InChI=1S/C15H25N/c1-5-7-11-15(16-6-2)14-10-8-9-12(3)13(14)4/h8-10,15-16H,5-7,11H2,1-4H3. The van der Waals surface area contributed by atoms with E-state index in [-0.39, 0.29) is 0 Å². The molecule has 1 atom stereocenters. The summed E-state index contributed by atoms with van der Waals surface area (Å²) in [6, 6.07) is 7.17. The molecule has 0 saturated heterocycles. The van der Waals surface area contributed by atoms with Gasteiger partial charge in [-0.15, -0.1) is 0 Å². The largest absolute Gasteiger partial charge is 0.310 e. The molecule has 0 aliphatic rings. The van der Waals surface area contributed by atoms with E-state index >= 15 is 0 Å². The molecule has 1 aromatic rings. The number of hydrogen-bond acceptors (Lipinski definition) is 1. The van der Waals surface area contributed by atoms with Gasteiger partial charge in [0, 0.05) is 6.04 Å². The van der Waals surface area contributed by atoms with Gasteiger partial charge in [0.05, 0.1) is 0 Å². The van der Waals surface area contributed by atoms with Crippen molar-refractivity contribution >= 4 is 0 Å². The molecule has 16 heavy (non-hydrogen) atoms. The van der Waals surface area contributed by atoms with Crippen LogP contribution in [-0.2, 0) is 0 Å². The minimum Gasteiger partial charge on any atom is -0.310 e. The summed E-state index contributed by atoms with van der Waals surface area (Å²) in [5, 5.41) is 3.60. The molecule has 0 aliphatic carbocycles. The maximum atomic E-state index is 3.60. The number of hydrogen-bond donors (Lipinski definition) is 1. The fourth-order valence-corrected chi connectivity index (χ4v) is 2.17. The SMILES string of the molecule is CCCCC(NCC)c1cccc(C)c1C. The third kappa shape index (κ3) is 3.34. The monoisotopic (exact) mass is 219 g/mol. The van der Waals surface area contributed by atoms with E-state index in [1.54, 1.807) is 0 Å². The molecule has 0 amide bonds. The zero-order chi connectivity index (χ0) is 12.0. The van der Waals surface area contributed by atoms with Gasteiger partial charge in [-0.1, -0.05) is 44.9 Å². The van der Waals surface area contributed by atoms with Crippen molar-refractivity contribution < 1.29 is 0 Å². The molecular weight excluding hydrogens is 194 g/mol. The van der Waals surface area contributed by atoms with Crippen molar-refractivity contribution in [2.24, 2.45) is 0 Å². The fraction of sp³-hybridized carbons (Fsp3) is 0.600. The summed E-state index contributed by atoms with van der Waals surface area (Å²) in [5.74, 6) is 0. The first-order chi connectivity index (χ1) is 7.70. The molecule has 0 spiro atoms. The van der Waals surface area contributed by atoms with Gasteiger partial charge in [0.2, 0.25) is 0 Å². The number of benzene rings is 1. The molecule has 90 valence electrons. The molecule has 1 aromatic carbocycles. The Morgan fingerprint density at radius 2 is 1.94 bits per heavy atom. The van der Waals surface area contributed by atoms with E-state index in [9.17, 15) is 0 Å². The minimum atomic E-state index is 0.532. The van der Waals surface area contributed by atoms with Crippen LogP contribution in [0.2, 0.25) is 0 Å². The molecule has 0 aromatic heterocycles. The molecular formula is C15H25N. The van der Waals surface area contributed by atoms with Crippen LogP contribution in [0.3, 0.4) is 0 Å². The van der Waals surface area contributed by atoms with Crippen molar-refractivity contribution in [3.05, 3.63) is 34.9 Å². The summed E-state index contributed by atoms with van der Waals surface area (Å²) in [4.78, 5) is 0. The maximum Gasteiger partial charge on any atom is 0.0322 e. The van der Waals surface area contributed by atoms with Crippen LogP contribution in [-0.4, -0.2) is 6.54 Å². The normalized spacial score (nSPS) is 12.8. The third-order valence-corrected chi connectivity index (χ3v) is 3.32. The number of aryl methyl sites for hydroxylation is 1. The highest BCUT2D eigenvalue weighted by Gasteiger charge is 2.12. The van der Waals surface area contributed by atoms with Crippen molar-refractivity contribution in [1.82, 2.24) is 5.32 Å². The molecule has 0 aliphatic heterocycles. The van der Waals surface area contributed by atoms with Crippen LogP contribution >= 0.6 is 0 Å². The van der Waals surface area contributed by atoms with Crippen molar-refractivity contribution in [2.75, 3.05) is 6.54 Å². The predicted molar refractivity (Wildman–Crippen MR) is 71.9 cm³/mol. The second-order valence-corrected chi connectivity index (χ2v) is 4.54. The first-order valence-corrected chi connectivity index (χ1v) is 6.50. The van der Waals surface area contributed by atoms with E-state index < -0.39 is 0 Å². The van der Waals surface area contributed by atoms with Gasteiger partial charge in [-0.3, -0.25) is 0 Å². The Hall–Kier alpha value is -0.820. The fourth-order valence-electron chi connectivity index (χ4n) is 2.17. The lowest BCUT2D eigenvalue weighted by Crippen LogP contribution is -2.21. The topological polar surface area (TPSA) is 12.0 Å². The van der Waals surface area contributed by atoms with E-state index in [4.69, 9.17) is 0 Å². The Balaban J connectivity index is 2.86. The zero-order valence-electron chi connectivity index (χ0n) is 11.1. The summed E-state index contributed by atoms with van der Waals surface area (Å²) in [6.45, 7) is 9.92. The van der Waals surface area contributed by atoms with Crippen LogP contribution in [0.5, 0.6) is 0 Å². The van der Waals surface area contributed by atoms with Crippen LogP contribution in [0, 0.1) is 13.8 Å². The lowest BCUT2D eigenvalue weighted by molar-refractivity contribution is 0.492. The lowest BCUT2D eigenvalue weighted by atomic mass is 9.94. The number of rotatable bonds is 6. The summed E-state index contributed by atoms with van der Waals surface area (Å²) >= 11 is 0. The van der Waals surface area contributed by atoms with Crippen LogP contribution < -0.4 is 5.32 Å². The highest BCUT2D eigenvalue weighted by molar-refractivity contribution is 5.35. The first-order valence-electron chi connectivity index (χ1n) is 6.50. The first kappa shape index (κ1) is 13.2. The van der Waals surface area contributed by atoms with Gasteiger partial charge in [0.25, 0.3) is 0 Å². The molecule has 0 heterocycles. The van der Waals surface area contributed by atoms with E-state index in [1.807, 2.05) is 0 Å². The van der Waals surface area contributed by atoms with Gasteiger partial charge in [-0.25, -0.2) is 0 Å². The van der Waals surface area contributed by atoms with Crippen molar-refractivity contribution in [2.45, 2.75) is 53.0 Å². The summed E-state index contributed by atoms with van der Waals surface area (Å²) < 4.78 is 0. The second kappa shape index (κ2) is 6.70. The van der Waals surface area contributed by atoms with Gasteiger partial charge in [0.1, 0.15) is 0 Å². The number of unbranched alkanes of at least 4 members (excludes halogenated alkanes) is 1. The average Bonchev–Trinajstić information content (AvgIpc) is 2.28. The van der Waals surface area contributed by atoms with Crippen LogP contribution in [0.25, 0.3) is 0 Å². The molecule has 1 rings (SSSR count). The second-order valence-electron chi connectivity index (χ2n) is 4.54. The molecule has 1 N–H and O–H groups in total. The molecule has 0 bridgehead atoms. The molecule has 1 nitrogen and oxygen atoms in total. The van der Waals surface area contributed by atoms with Crippen LogP contribution in [0.1, 0.15) is 55.8 Å². The lowest BCUT2D eigenvalue weighted by Gasteiger charge is -2.21. The predicted octanol–water partition coefficient (Wildman–Crippen LogP) is 4.14. The van der Waals surface area contributed by atoms with Crippen molar-refractivity contribution in [1.29, 1.82) is 0 Å². The molecule has 0 saturated carbocycles. The zero-order valence-corrected chi connectivity index (χ0v) is 11.1. The summed E-state index contributed by atoms with van der Waals surface area (Å²) in [5.41, 5.74) is 4.33. The van der Waals surface area contributed by atoms with E-state index in [1.165, 1.54) is 36.0 Å². The van der Waals surface area contributed by atoms with Crippen LogP contribution in [0.15, 0.2) is 18.2 Å². The van der Waals surface area contributed by atoms with Gasteiger partial charge in [-0.2, -0.15) is 0 Å². The van der Waals surface area contributed by atoms with Gasteiger partial charge in [-0.05, 0) is 43.5 Å². The average molecular weight is 219 g/mol. The van der Waals surface area contributed by atoms with Crippen molar-refractivity contribution in [3.63, 3.8) is 0 Å². The van der Waals surface area contributed by atoms with Gasteiger partial charge < -0.3 is 5.32 Å². The molecule has 1 heteroatoms. The van der Waals surface area contributed by atoms with E-state index in [0.29, 0.717) is 6.04 Å². The quantitative estimate of drug-likeness (QED) is 0.758. The van der Waals surface area contributed by atoms with Gasteiger partial charge >= 0.3 is 0 Å². The van der Waals surface area contributed by atoms with E-state index in [2.05, 4.69) is 51.2 Å². The maximum absolute atomic E-state index is 3.60. The smallest absolute Gasteiger partial charge is 0.0322 e. The third-order valence-electron chi connectivity index (χ3n) is 3.32. The molecule has 0 fully saturated rings. The Labute approximate surface area is 100 Å². The van der Waals surface area contributed by atoms with Crippen LogP contribution in [0.4, 0.5) is 0 Å². The number of nitrogens with one attached hydrogen (secondary N) is 1. The minimum absolute atomic E-state index is 0.532.